The van der Waals surface area contributed by atoms with Crippen LogP contribution in [0, 0.1) is 6.92 Å². The molecule has 1 aliphatic carbocycles. The highest BCUT2D eigenvalue weighted by Gasteiger charge is 2.15. The Kier molecular flexibility index (Phi) is 5.89. The molecule has 0 bridgehead atoms. The number of rotatable bonds is 4. The van der Waals surface area contributed by atoms with E-state index in [1.165, 1.54) is 19.3 Å². The number of urea groups is 1. The molecule has 0 aromatic heterocycles. The summed E-state index contributed by atoms with van der Waals surface area (Å²) < 4.78 is 0. The molecular formula is C21H25N3O2. The second kappa shape index (κ2) is 8.52. The van der Waals surface area contributed by atoms with Gasteiger partial charge in [-0.1, -0.05) is 37.5 Å². The quantitative estimate of drug-likeness (QED) is 0.747. The number of carbonyl (C=O) groups excluding carboxylic acids is 2. The van der Waals surface area contributed by atoms with Crippen molar-refractivity contribution in [2.24, 2.45) is 0 Å². The van der Waals surface area contributed by atoms with Crippen LogP contribution in [0.15, 0.2) is 48.5 Å². The number of benzene rings is 2. The van der Waals surface area contributed by atoms with Gasteiger partial charge in [0, 0.05) is 23.0 Å². The number of hydrogen-bond donors (Lipinski definition) is 3. The topological polar surface area (TPSA) is 70.2 Å². The Labute approximate surface area is 154 Å². The minimum absolute atomic E-state index is 0.140. The molecule has 0 radical (unpaired) electrons. The number of anilines is 2. The molecule has 1 fully saturated rings. The Morgan fingerprint density at radius 3 is 2.12 bits per heavy atom. The molecule has 2 aromatic carbocycles. The molecule has 136 valence electrons. The van der Waals surface area contributed by atoms with Crippen LogP contribution < -0.4 is 16.0 Å². The van der Waals surface area contributed by atoms with Crippen LogP contribution >= 0.6 is 0 Å². The van der Waals surface area contributed by atoms with E-state index >= 15 is 0 Å². The first kappa shape index (κ1) is 18.0. The van der Waals surface area contributed by atoms with Crippen LogP contribution in [-0.2, 0) is 0 Å². The lowest BCUT2D eigenvalue weighted by Crippen LogP contribution is -2.38. The van der Waals surface area contributed by atoms with E-state index in [2.05, 4.69) is 16.0 Å². The van der Waals surface area contributed by atoms with E-state index < -0.39 is 0 Å². The van der Waals surface area contributed by atoms with Gasteiger partial charge in [-0.05, 0) is 55.7 Å². The molecular weight excluding hydrogens is 326 g/mol. The van der Waals surface area contributed by atoms with Crippen LogP contribution in [-0.4, -0.2) is 18.0 Å². The standard InChI is InChI=1S/C21H25N3O2/c1-15-7-5-6-10-19(15)20(25)22-17-11-13-18(14-12-17)24-21(26)23-16-8-3-2-4-9-16/h5-7,10-14,16H,2-4,8-9H2,1H3,(H,22,25)(H2,23,24,26). The average molecular weight is 351 g/mol. The van der Waals surface area contributed by atoms with Gasteiger partial charge in [-0.15, -0.1) is 0 Å². The number of hydrogen-bond acceptors (Lipinski definition) is 2. The van der Waals surface area contributed by atoms with Gasteiger partial charge in [0.1, 0.15) is 0 Å². The zero-order valence-electron chi connectivity index (χ0n) is 15.0. The monoisotopic (exact) mass is 351 g/mol. The normalized spacial score (nSPS) is 14.5. The van der Waals surface area contributed by atoms with E-state index in [4.69, 9.17) is 0 Å². The van der Waals surface area contributed by atoms with Gasteiger partial charge in [0.25, 0.3) is 5.91 Å². The molecule has 0 unspecified atom stereocenters. The Morgan fingerprint density at radius 2 is 1.46 bits per heavy atom. The van der Waals surface area contributed by atoms with Crippen LogP contribution in [0.1, 0.15) is 48.0 Å². The van der Waals surface area contributed by atoms with Gasteiger partial charge in [-0.2, -0.15) is 0 Å². The van der Waals surface area contributed by atoms with Crippen molar-refractivity contribution in [2.75, 3.05) is 10.6 Å². The largest absolute Gasteiger partial charge is 0.335 e. The maximum absolute atomic E-state index is 12.3. The molecule has 1 aliphatic rings. The molecule has 5 heteroatoms. The Bertz CT molecular complexity index is 765. The SMILES string of the molecule is Cc1ccccc1C(=O)Nc1ccc(NC(=O)NC2CCCCC2)cc1. The van der Waals surface area contributed by atoms with Crippen LogP contribution in [0.4, 0.5) is 16.2 Å². The molecule has 2 aromatic rings. The molecule has 3 rings (SSSR count). The molecule has 0 aliphatic heterocycles. The summed E-state index contributed by atoms with van der Waals surface area (Å²) in [5.41, 5.74) is 2.98. The molecule has 0 spiro atoms. The smallest absolute Gasteiger partial charge is 0.319 e. The van der Waals surface area contributed by atoms with Crippen molar-refractivity contribution in [2.45, 2.75) is 45.1 Å². The van der Waals surface area contributed by atoms with Crippen molar-refractivity contribution < 1.29 is 9.59 Å². The van der Waals surface area contributed by atoms with Crippen molar-refractivity contribution in [3.63, 3.8) is 0 Å². The Hall–Kier alpha value is -2.82. The fraction of sp³-hybridized carbons (Fsp3) is 0.333. The van der Waals surface area contributed by atoms with Crippen LogP contribution in [0.25, 0.3) is 0 Å². The molecule has 3 N–H and O–H groups in total. The van der Waals surface area contributed by atoms with E-state index in [0.29, 0.717) is 16.9 Å². The van der Waals surface area contributed by atoms with Gasteiger partial charge in [0.05, 0.1) is 0 Å². The first-order valence-corrected chi connectivity index (χ1v) is 9.16. The highest BCUT2D eigenvalue weighted by atomic mass is 16.2. The summed E-state index contributed by atoms with van der Waals surface area (Å²) in [5.74, 6) is -0.140. The first-order valence-electron chi connectivity index (χ1n) is 9.16. The summed E-state index contributed by atoms with van der Waals surface area (Å²) in [5, 5.41) is 8.75. The fourth-order valence-electron chi connectivity index (χ4n) is 3.26. The second-order valence-electron chi connectivity index (χ2n) is 6.78. The maximum Gasteiger partial charge on any atom is 0.319 e. The van der Waals surface area contributed by atoms with Crippen molar-refractivity contribution in [3.05, 3.63) is 59.7 Å². The van der Waals surface area contributed by atoms with Crippen LogP contribution in [0.2, 0.25) is 0 Å². The summed E-state index contributed by atoms with van der Waals surface area (Å²) in [7, 11) is 0. The maximum atomic E-state index is 12.3. The zero-order chi connectivity index (χ0) is 18.4. The van der Waals surface area contributed by atoms with Gasteiger partial charge in [0.15, 0.2) is 0 Å². The lowest BCUT2D eigenvalue weighted by molar-refractivity contribution is 0.102. The number of nitrogens with one attached hydrogen (secondary N) is 3. The van der Waals surface area contributed by atoms with Crippen molar-refractivity contribution in [1.82, 2.24) is 5.32 Å². The third kappa shape index (κ3) is 4.85. The highest BCUT2D eigenvalue weighted by molar-refractivity contribution is 6.05. The average Bonchev–Trinajstić information content (AvgIpc) is 2.64. The molecule has 1 saturated carbocycles. The minimum atomic E-state index is -0.173. The van der Waals surface area contributed by atoms with Crippen molar-refractivity contribution in [1.29, 1.82) is 0 Å². The summed E-state index contributed by atoms with van der Waals surface area (Å²) in [4.78, 5) is 24.4. The minimum Gasteiger partial charge on any atom is -0.335 e. The van der Waals surface area contributed by atoms with E-state index in [0.717, 1.165) is 18.4 Å². The fourth-order valence-corrected chi connectivity index (χ4v) is 3.26. The summed E-state index contributed by atoms with van der Waals surface area (Å²) in [6, 6.07) is 14.7. The summed E-state index contributed by atoms with van der Waals surface area (Å²) >= 11 is 0. The first-order chi connectivity index (χ1) is 12.6. The van der Waals surface area contributed by atoms with E-state index in [-0.39, 0.29) is 18.0 Å². The third-order valence-corrected chi connectivity index (χ3v) is 4.73. The van der Waals surface area contributed by atoms with Crippen LogP contribution in [0.5, 0.6) is 0 Å². The van der Waals surface area contributed by atoms with Gasteiger partial charge in [-0.3, -0.25) is 4.79 Å². The van der Waals surface area contributed by atoms with E-state index in [1.54, 1.807) is 30.3 Å². The number of carbonyl (C=O) groups is 2. The molecule has 26 heavy (non-hydrogen) atoms. The summed E-state index contributed by atoms with van der Waals surface area (Å²) in [6.45, 7) is 1.91. The van der Waals surface area contributed by atoms with E-state index in [1.807, 2.05) is 25.1 Å². The van der Waals surface area contributed by atoms with Gasteiger partial charge < -0.3 is 16.0 Å². The van der Waals surface area contributed by atoms with Crippen LogP contribution in [0.3, 0.4) is 0 Å². The molecule has 5 nitrogen and oxygen atoms in total. The molecule has 0 heterocycles. The number of aryl methyl sites for hydroxylation is 1. The summed E-state index contributed by atoms with van der Waals surface area (Å²) in [6.07, 6.45) is 5.73. The third-order valence-electron chi connectivity index (χ3n) is 4.73. The molecule has 3 amide bonds. The number of amides is 3. The van der Waals surface area contributed by atoms with Gasteiger partial charge >= 0.3 is 6.03 Å². The van der Waals surface area contributed by atoms with E-state index in [9.17, 15) is 9.59 Å². The van der Waals surface area contributed by atoms with Crippen molar-refractivity contribution >= 4 is 23.3 Å². The predicted octanol–water partition coefficient (Wildman–Crippen LogP) is 4.70. The second-order valence-corrected chi connectivity index (χ2v) is 6.78. The highest BCUT2D eigenvalue weighted by Crippen LogP contribution is 2.18. The van der Waals surface area contributed by atoms with Gasteiger partial charge in [0.2, 0.25) is 0 Å². The lowest BCUT2D eigenvalue weighted by atomic mass is 9.96. The lowest BCUT2D eigenvalue weighted by Gasteiger charge is -2.22. The predicted molar refractivity (Wildman–Crippen MR) is 105 cm³/mol. The molecule has 0 atom stereocenters. The van der Waals surface area contributed by atoms with Crippen molar-refractivity contribution in [3.8, 4) is 0 Å². The Morgan fingerprint density at radius 1 is 0.846 bits per heavy atom. The molecule has 0 saturated heterocycles. The zero-order valence-corrected chi connectivity index (χ0v) is 15.0. The Balaban J connectivity index is 1.54. The van der Waals surface area contributed by atoms with Gasteiger partial charge in [-0.25, -0.2) is 4.79 Å².